The number of halogens is 1. The van der Waals surface area contributed by atoms with Crippen LogP contribution in [-0.2, 0) is 19.4 Å². The number of likely N-dealkylation sites (tertiary alicyclic amines) is 1. The van der Waals surface area contributed by atoms with Gasteiger partial charge in [-0.15, -0.1) is 0 Å². The zero-order valence-electron chi connectivity index (χ0n) is 16.7. The summed E-state index contributed by atoms with van der Waals surface area (Å²) in [5, 5.41) is 12.1. The first kappa shape index (κ1) is 20.3. The fourth-order valence-electron chi connectivity index (χ4n) is 4.67. The molecule has 3 aromatic rings. The lowest BCUT2D eigenvalue weighted by atomic mass is 9.80. The van der Waals surface area contributed by atoms with Crippen LogP contribution in [0.1, 0.15) is 29.5 Å². The Bertz CT molecular complexity index is 871. The molecule has 150 valence electrons. The predicted molar refractivity (Wildman–Crippen MR) is 123 cm³/mol. The minimum absolute atomic E-state index is 0.134. The van der Waals surface area contributed by atoms with Gasteiger partial charge >= 0.3 is 0 Å². The lowest BCUT2D eigenvalue weighted by molar-refractivity contribution is -0.0354. The van der Waals surface area contributed by atoms with Gasteiger partial charge in [-0.1, -0.05) is 94.8 Å². The van der Waals surface area contributed by atoms with Gasteiger partial charge in [0.25, 0.3) is 0 Å². The van der Waals surface area contributed by atoms with Crippen LogP contribution in [-0.4, -0.2) is 28.2 Å². The van der Waals surface area contributed by atoms with Gasteiger partial charge in [0.2, 0.25) is 0 Å². The number of hydrogen-bond acceptors (Lipinski definition) is 2. The summed E-state index contributed by atoms with van der Waals surface area (Å²) in [7, 11) is 0. The minimum atomic E-state index is -0.805. The number of hydrogen-bond donors (Lipinski definition) is 1. The molecule has 2 nitrogen and oxygen atoms in total. The Morgan fingerprint density at radius 2 is 1.38 bits per heavy atom. The van der Waals surface area contributed by atoms with Crippen LogP contribution in [0.4, 0.5) is 0 Å². The Labute approximate surface area is 182 Å². The van der Waals surface area contributed by atoms with Gasteiger partial charge in [-0.3, -0.25) is 4.90 Å². The Hall–Kier alpha value is -1.94. The fourth-order valence-corrected chi connectivity index (χ4v) is 5.08. The van der Waals surface area contributed by atoms with Crippen LogP contribution in [0.3, 0.4) is 0 Å². The van der Waals surface area contributed by atoms with E-state index >= 15 is 0 Å². The van der Waals surface area contributed by atoms with Crippen LogP contribution in [0.2, 0.25) is 0 Å². The molecule has 0 amide bonds. The van der Waals surface area contributed by atoms with E-state index in [9.17, 15) is 5.11 Å². The third-order valence-corrected chi connectivity index (χ3v) is 6.79. The Morgan fingerprint density at radius 3 is 1.97 bits per heavy atom. The van der Waals surface area contributed by atoms with E-state index in [1.165, 1.54) is 16.7 Å². The standard InChI is InChI=1S/C26H28BrNO/c27-24-15-8-7-14-23(24)20-28-17-9-16-25(28)26(29,18-21-10-3-1-4-11-21)19-22-12-5-2-6-13-22/h1-8,10-15,25,29H,9,16-20H2. The van der Waals surface area contributed by atoms with Crippen LogP contribution in [0, 0.1) is 0 Å². The maximum absolute atomic E-state index is 12.1. The monoisotopic (exact) mass is 449 g/mol. The van der Waals surface area contributed by atoms with Gasteiger partial charge < -0.3 is 5.11 Å². The Morgan fingerprint density at radius 1 is 0.828 bits per heavy atom. The van der Waals surface area contributed by atoms with E-state index < -0.39 is 5.60 Å². The molecule has 0 spiro atoms. The highest BCUT2D eigenvalue weighted by Crippen LogP contribution is 2.34. The van der Waals surface area contributed by atoms with Crippen molar-refractivity contribution in [2.75, 3.05) is 6.54 Å². The molecule has 4 rings (SSSR count). The first-order valence-corrected chi connectivity index (χ1v) is 11.2. The molecule has 29 heavy (non-hydrogen) atoms. The summed E-state index contributed by atoms with van der Waals surface area (Å²) in [6.07, 6.45) is 3.49. The van der Waals surface area contributed by atoms with E-state index in [-0.39, 0.29) is 6.04 Å². The van der Waals surface area contributed by atoms with Crippen LogP contribution >= 0.6 is 15.9 Å². The van der Waals surface area contributed by atoms with E-state index in [4.69, 9.17) is 0 Å². The lowest BCUT2D eigenvalue weighted by Gasteiger charge is -2.40. The quantitative estimate of drug-likeness (QED) is 0.504. The molecule has 0 aliphatic carbocycles. The maximum atomic E-state index is 12.1. The fraction of sp³-hybridized carbons (Fsp3) is 0.308. The zero-order chi connectivity index (χ0) is 20.1. The van der Waals surface area contributed by atoms with E-state index in [1.807, 2.05) is 12.1 Å². The van der Waals surface area contributed by atoms with E-state index in [2.05, 4.69) is 93.6 Å². The topological polar surface area (TPSA) is 23.5 Å². The van der Waals surface area contributed by atoms with Crippen LogP contribution < -0.4 is 0 Å². The van der Waals surface area contributed by atoms with E-state index in [0.29, 0.717) is 12.8 Å². The molecule has 1 N–H and O–H groups in total. The summed E-state index contributed by atoms with van der Waals surface area (Å²) in [6.45, 7) is 1.88. The highest BCUT2D eigenvalue weighted by molar-refractivity contribution is 9.10. The first-order valence-electron chi connectivity index (χ1n) is 10.4. The average Bonchev–Trinajstić information content (AvgIpc) is 3.20. The molecule has 0 radical (unpaired) electrons. The summed E-state index contributed by atoms with van der Waals surface area (Å²) in [5.41, 5.74) is 2.86. The number of benzene rings is 3. The summed E-state index contributed by atoms with van der Waals surface area (Å²) in [5.74, 6) is 0. The van der Waals surface area contributed by atoms with Crippen molar-refractivity contribution >= 4 is 15.9 Å². The highest BCUT2D eigenvalue weighted by atomic mass is 79.9. The predicted octanol–water partition coefficient (Wildman–Crippen LogP) is 5.63. The van der Waals surface area contributed by atoms with Crippen LogP contribution in [0.25, 0.3) is 0 Å². The van der Waals surface area contributed by atoms with Gasteiger partial charge in [-0.25, -0.2) is 0 Å². The van der Waals surface area contributed by atoms with Gasteiger partial charge in [0.05, 0.1) is 5.60 Å². The van der Waals surface area contributed by atoms with Crippen molar-refractivity contribution in [3.63, 3.8) is 0 Å². The van der Waals surface area contributed by atoms with Gasteiger partial charge in [0.1, 0.15) is 0 Å². The van der Waals surface area contributed by atoms with Crippen molar-refractivity contribution < 1.29 is 5.11 Å². The van der Waals surface area contributed by atoms with Crippen molar-refractivity contribution in [2.45, 2.75) is 43.9 Å². The smallest absolute Gasteiger partial charge is 0.0882 e. The van der Waals surface area contributed by atoms with Crippen molar-refractivity contribution in [3.05, 3.63) is 106 Å². The second-order valence-corrected chi connectivity index (χ2v) is 9.00. The minimum Gasteiger partial charge on any atom is -0.388 e. The first-order chi connectivity index (χ1) is 14.1. The lowest BCUT2D eigenvalue weighted by Crippen LogP contribution is -2.52. The molecule has 1 atom stereocenters. The molecule has 0 bridgehead atoms. The summed E-state index contributed by atoms with van der Waals surface area (Å²) < 4.78 is 1.14. The second kappa shape index (κ2) is 9.25. The molecule has 1 aliphatic rings. The van der Waals surface area contributed by atoms with Gasteiger partial charge in [-0.05, 0) is 42.1 Å². The maximum Gasteiger partial charge on any atom is 0.0882 e. The molecule has 0 aromatic heterocycles. The molecular formula is C26H28BrNO. The highest BCUT2D eigenvalue weighted by Gasteiger charge is 2.42. The van der Waals surface area contributed by atoms with Crippen LogP contribution in [0.5, 0.6) is 0 Å². The van der Waals surface area contributed by atoms with Crippen molar-refractivity contribution in [1.82, 2.24) is 4.90 Å². The molecule has 3 heteroatoms. The van der Waals surface area contributed by atoms with Gasteiger partial charge in [0, 0.05) is 29.9 Å². The average molecular weight is 450 g/mol. The van der Waals surface area contributed by atoms with Gasteiger partial charge in [0.15, 0.2) is 0 Å². The molecular weight excluding hydrogens is 422 g/mol. The van der Waals surface area contributed by atoms with Crippen LogP contribution in [0.15, 0.2) is 89.4 Å². The summed E-state index contributed by atoms with van der Waals surface area (Å²) in [6, 6.07) is 29.4. The normalized spacial score (nSPS) is 17.5. The SMILES string of the molecule is OC(Cc1ccccc1)(Cc1ccccc1)C1CCCN1Cc1ccccc1Br. The molecule has 1 fully saturated rings. The second-order valence-electron chi connectivity index (χ2n) is 8.15. The third kappa shape index (κ3) is 4.98. The Kier molecular flexibility index (Phi) is 6.49. The number of aliphatic hydroxyl groups is 1. The Balaban J connectivity index is 1.62. The molecule has 1 heterocycles. The molecule has 1 unspecified atom stereocenters. The zero-order valence-corrected chi connectivity index (χ0v) is 18.3. The molecule has 1 aliphatic heterocycles. The van der Waals surface area contributed by atoms with Crippen molar-refractivity contribution in [2.24, 2.45) is 0 Å². The van der Waals surface area contributed by atoms with Crippen molar-refractivity contribution in [1.29, 1.82) is 0 Å². The van der Waals surface area contributed by atoms with Gasteiger partial charge in [-0.2, -0.15) is 0 Å². The molecule has 1 saturated heterocycles. The largest absolute Gasteiger partial charge is 0.388 e. The van der Waals surface area contributed by atoms with E-state index in [1.54, 1.807) is 0 Å². The number of nitrogens with zero attached hydrogens (tertiary/aromatic N) is 1. The summed E-state index contributed by atoms with van der Waals surface area (Å²) >= 11 is 3.69. The summed E-state index contributed by atoms with van der Waals surface area (Å²) in [4.78, 5) is 2.48. The number of rotatable bonds is 7. The van der Waals surface area contributed by atoms with E-state index in [0.717, 1.165) is 30.4 Å². The molecule has 3 aromatic carbocycles. The third-order valence-electron chi connectivity index (χ3n) is 6.02. The van der Waals surface area contributed by atoms with Crippen molar-refractivity contribution in [3.8, 4) is 0 Å². The molecule has 0 saturated carbocycles.